The van der Waals surface area contributed by atoms with Crippen LogP contribution in [-0.4, -0.2) is 24.6 Å². The van der Waals surface area contributed by atoms with Crippen LogP contribution < -0.4 is 10.6 Å². The van der Waals surface area contributed by atoms with Crippen LogP contribution in [0.1, 0.15) is 40.5 Å². The monoisotopic (exact) mass is 337 g/mol. The Morgan fingerprint density at radius 2 is 1.94 bits per heavy atom. The number of halogens is 1. The third kappa shape index (κ3) is 3.50. The van der Waals surface area contributed by atoms with Gasteiger partial charge in [0.05, 0.1) is 0 Å². The van der Waals surface area contributed by atoms with Gasteiger partial charge >= 0.3 is 0 Å². The Balaban J connectivity index is 0.00000128. The summed E-state index contributed by atoms with van der Waals surface area (Å²) in [4.78, 5) is 4.48. The van der Waals surface area contributed by atoms with Gasteiger partial charge in [-0.1, -0.05) is 20.8 Å². The van der Waals surface area contributed by atoms with Gasteiger partial charge in [-0.15, -0.1) is 24.0 Å². The SMILES string of the molecule is CCN=C(NC1CC1C)NC1CC1(C)C.I. The number of aliphatic imine (C=N–C) groups is 1. The number of nitrogens with one attached hydrogen (secondary N) is 2. The van der Waals surface area contributed by atoms with E-state index in [1.165, 1.54) is 12.8 Å². The highest BCUT2D eigenvalue weighted by Gasteiger charge is 2.46. The maximum absolute atomic E-state index is 4.48. The molecule has 0 aromatic heterocycles. The van der Waals surface area contributed by atoms with Crippen LogP contribution in [0.4, 0.5) is 0 Å². The highest BCUT2D eigenvalue weighted by Crippen LogP contribution is 2.44. The average Bonchev–Trinajstić information content (AvgIpc) is 2.95. The molecule has 0 radical (unpaired) electrons. The first-order chi connectivity index (χ1) is 7.03. The summed E-state index contributed by atoms with van der Waals surface area (Å²) in [5.74, 6) is 1.84. The molecular formula is C12H24IN3. The summed E-state index contributed by atoms with van der Waals surface area (Å²) in [5, 5.41) is 7.00. The van der Waals surface area contributed by atoms with Crippen LogP contribution in [0.15, 0.2) is 4.99 Å². The minimum atomic E-state index is 0. The molecule has 16 heavy (non-hydrogen) atoms. The van der Waals surface area contributed by atoms with Crippen molar-refractivity contribution in [2.24, 2.45) is 16.3 Å². The predicted molar refractivity (Wildman–Crippen MR) is 79.4 cm³/mol. The van der Waals surface area contributed by atoms with Gasteiger partial charge in [-0.2, -0.15) is 0 Å². The van der Waals surface area contributed by atoms with Crippen LogP contribution in [-0.2, 0) is 0 Å². The quantitative estimate of drug-likeness (QED) is 0.471. The fraction of sp³-hybridized carbons (Fsp3) is 0.917. The molecule has 0 saturated heterocycles. The molecule has 3 unspecified atom stereocenters. The minimum Gasteiger partial charge on any atom is -0.353 e. The maximum atomic E-state index is 4.48. The zero-order valence-electron chi connectivity index (χ0n) is 10.7. The van der Waals surface area contributed by atoms with Crippen molar-refractivity contribution in [2.75, 3.05) is 6.54 Å². The van der Waals surface area contributed by atoms with Crippen LogP contribution in [0.2, 0.25) is 0 Å². The van der Waals surface area contributed by atoms with Crippen molar-refractivity contribution < 1.29 is 0 Å². The zero-order valence-corrected chi connectivity index (χ0v) is 13.0. The molecule has 0 heterocycles. The fourth-order valence-corrected chi connectivity index (χ4v) is 1.87. The molecule has 4 heteroatoms. The van der Waals surface area contributed by atoms with Gasteiger partial charge in [0.15, 0.2) is 5.96 Å². The number of guanidine groups is 1. The van der Waals surface area contributed by atoms with E-state index < -0.39 is 0 Å². The number of hydrogen-bond acceptors (Lipinski definition) is 1. The fourth-order valence-electron chi connectivity index (χ4n) is 1.87. The van der Waals surface area contributed by atoms with E-state index in [4.69, 9.17) is 0 Å². The molecule has 2 rings (SSSR count). The molecule has 2 aliphatic carbocycles. The van der Waals surface area contributed by atoms with Gasteiger partial charge < -0.3 is 10.6 Å². The Labute approximate surface area is 116 Å². The van der Waals surface area contributed by atoms with Gasteiger partial charge in [0.2, 0.25) is 0 Å². The lowest BCUT2D eigenvalue weighted by molar-refractivity contribution is 0.587. The molecule has 2 aliphatic rings. The minimum absolute atomic E-state index is 0. The van der Waals surface area contributed by atoms with Crippen molar-refractivity contribution in [2.45, 2.75) is 52.6 Å². The Bertz CT molecular complexity index is 275. The second-order valence-electron chi connectivity index (χ2n) is 5.68. The summed E-state index contributed by atoms with van der Waals surface area (Å²) in [6.45, 7) is 9.81. The van der Waals surface area contributed by atoms with Gasteiger partial charge in [-0.05, 0) is 31.1 Å². The summed E-state index contributed by atoms with van der Waals surface area (Å²) >= 11 is 0. The molecule has 94 valence electrons. The highest BCUT2D eigenvalue weighted by atomic mass is 127. The van der Waals surface area contributed by atoms with Crippen LogP contribution >= 0.6 is 24.0 Å². The Morgan fingerprint density at radius 3 is 2.31 bits per heavy atom. The summed E-state index contributed by atoms with van der Waals surface area (Å²) in [5.41, 5.74) is 0.464. The Kier molecular flexibility index (Phi) is 4.49. The first-order valence-electron chi connectivity index (χ1n) is 6.10. The van der Waals surface area contributed by atoms with E-state index in [0.717, 1.165) is 18.4 Å². The van der Waals surface area contributed by atoms with Crippen LogP contribution in [0, 0.1) is 11.3 Å². The summed E-state index contributed by atoms with van der Waals surface area (Å²) in [7, 11) is 0. The largest absolute Gasteiger partial charge is 0.353 e. The molecule has 0 amide bonds. The second-order valence-corrected chi connectivity index (χ2v) is 5.68. The van der Waals surface area contributed by atoms with Crippen molar-refractivity contribution in [1.82, 2.24) is 10.6 Å². The average molecular weight is 337 g/mol. The normalized spacial score (nSPS) is 35.0. The van der Waals surface area contributed by atoms with Gasteiger partial charge in [-0.3, -0.25) is 4.99 Å². The van der Waals surface area contributed by atoms with Gasteiger partial charge in [0.1, 0.15) is 0 Å². The Hall–Kier alpha value is 0. The molecule has 0 spiro atoms. The van der Waals surface area contributed by atoms with E-state index in [-0.39, 0.29) is 24.0 Å². The van der Waals surface area contributed by atoms with E-state index in [1.807, 2.05) is 0 Å². The predicted octanol–water partition coefficient (Wildman–Crippen LogP) is 2.37. The molecule has 2 fully saturated rings. The van der Waals surface area contributed by atoms with E-state index in [9.17, 15) is 0 Å². The van der Waals surface area contributed by atoms with Crippen LogP contribution in [0.3, 0.4) is 0 Å². The Morgan fingerprint density at radius 1 is 1.38 bits per heavy atom. The lowest BCUT2D eigenvalue weighted by Crippen LogP contribution is -2.41. The zero-order chi connectivity index (χ0) is 11.1. The van der Waals surface area contributed by atoms with E-state index >= 15 is 0 Å². The molecule has 0 aliphatic heterocycles. The molecule has 0 aromatic rings. The van der Waals surface area contributed by atoms with Gasteiger partial charge in [0.25, 0.3) is 0 Å². The summed E-state index contributed by atoms with van der Waals surface area (Å²) in [6.07, 6.45) is 2.55. The van der Waals surface area contributed by atoms with E-state index in [1.54, 1.807) is 0 Å². The summed E-state index contributed by atoms with van der Waals surface area (Å²) < 4.78 is 0. The molecule has 2 N–H and O–H groups in total. The van der Waals surface area contributed by atoms with Gasteiger partial charge in [0, 0.05) is 18.6 Å². The molecule has 0 aromatic carbocycles. The number of hydrogen-bond donors (Lipinski definition) is 2. The van der Waals surface area contributed by atoms with Crippen molar-refractivity contribution >= 4 is 29.9 Å². The van der Waals surface area contributed by atoms with Crippen LogP contribution in [0.5, 0.6) is 0 Å². The van der Waals surface area contributed by atoms with E-state index in [2.05, 4.69) is 43.3 Å². The molecular weight excluding hydrogens is 313 g/mol. The first kappa shape index (κ1) is 14.1. The highest BCUT2D eigenvalue weighted by molar-refractivity contribution is 14.0. The van der Waals surface area contributed by atoms with E-state index in [0.29, 0.717) is 17.5 Å². The van der Waals surface area contributed by atoms with Crippen LogP contribution in [0.25, 0.3) is 0 Å². The molecule has 3 nitrogen and oxygen atoms in total. The number of rotatable bonds is 3. The smallest absolute Gasteiger partial charge is 0.191 e. The van der Waals surface area contributed by atoms with Gasteiger partial charge in [-0.25, -0.2) is 0 Å². The lowest BCUT2D eigenvalue weighted by Gasteiger charge is -2.13. The summed E-state index contributed by atoms with van der Waals surface area (Å²) in [6, 6.07) is 1.27. The first-order valence-corrected chi connectivity index (χ1v) is 6.10. The van der Waals surface area contributed by atoms with Crippen molar-refractivity contribution in [3.05, 3.63) is 0 Å². The lowest BCUT2D eigenvalue weighted by atomic mass is 10.2. The molecule has 2 saturated carbocycles. The third-order valence-electron chi connectivity index (χ3n) is 3.57. The molecule has 0 bridgehead atoms. The van der Waals surface area contributed by atoms with Crippen molar-refractivity contribution in [1.29, 1.82) is 0 Å². The standard InChI is InChI=1S/C12H23N3.HI/c1-5-13-11(14-9-6-8(9)2)15-10-7-12(10,3)4;/h8-10H,5-7H2,1-4H3,(H2,13,14,15);1H. The van der Waals surface area contributed by atoms with Crippen molar-refractivity contribution in [3.8, 4) is 0 Å². The number of nitrogens with zero attached hydrogens (tertiary/aromatic N) is 1. The topological polar surface area (TPSA) is 36.4 Å². The molecule has 3 atom stereocenters. The third-order valence-corrected chi connectivity index (χ3v) is 3.57. The second kappa shape index (κ2) is 5.10. The maximum Gasteiger partial charge on any atom is 0.191 e. The van der Waals surface area contributed by atoms with Crippen molar-refractivity contribution in [3.63, 3.8) is 0 Å².